The molecule has 1 atom stereocenters. The number of nitrogens with zero attached hydrogens (tertiary/aromatic N) is 2. The molecule has 0 spiro atoms. The Hall–Kier alpha value is -1.98. The smallest absolute Gasteiger partial charge is 0.129 e. The highest BCUT2D eigenvalue weighted by Crippen LogP contribution is 2.44. The highest BCUT2D eigenvalue weighted by molar-refractivity contribution is 7.22. The first-order valence-electron chi connectivity index (χ1n) is 10.1. The molecule has 0 amide bonds. The van der Waals surface area contributed by atoms with Gasteiger partial charge in [-0.1, -0.05) is 35.3 Å². The predicted molar refractivity (Wildman–Crippen MR) is 132 cm³/mol. The van der Waals surface area contributed by atoms with Crippen molar-refractivity contribution in [1.82, 2.24) is 9.97 Å². The average molecular weight is 471 g/mol. The van der Waals surface area contributed by atoms with Crippen molar-refractivity contribution < 1.29 is 4.74 Å². The lowest BCUT2D eigenvalue weighted by Gasteiger charge is -2.28. The van der Waals surface area contributed by atoms with Crippen LogP contribution < -0.4 is 0 Å². The molecule has 0 bridgehead atoms. The molecule has 3 nitrogen and oxygen atoms in total. The summed E-state index contributed by atoms with van der Waals surface area (Å²) < 4.78 is 7.50. The molecule has 2 aromatic carbocycles. The lowest BCUT2D eigenvalue weighted by atomic mass is 9.92. The van der Waals surface area contributed by atoms with Crippen LogP contribution in [0.3, 0.4) is 0 Å². The van der Waals surface area contributed by atoms with E-state index in [0.29, 0.717) is 10.2 Å². The molecule has 2 heterocycles. The third kappa shape index (κ3) is 4.78. The van der Waals surface area contributed by atoms with Gasteiger partial charge < -0.3 is 4.74 Å². The Morgan fingerprint density at radius 3 is 2.35 bits per heavy atom. The van der Waals surface area contributed by atoms with Crippen LogP contribution in [0.5, 0.6) is 0 Å². The van der Waals surface area contributed by atoms with Gasteiger partial charge in [-0.05, 0) is 81.6 Å². The van der Waals surface area contributed by atoms with Crippen molar-refractivity contribution >= 4 is 44.8 Å². The fraction of sp³-hybridized carbons (Fsp3) is 0.280. The number of thiazole rings is 1. The van der Waals surface area contributed by atoms with Gasteiger partial charge in [0.15, 0.2) is 0 Å². The van der Waals surface area contributed by atoms with Gasteiger partial charge in [0.2, 0.25) is 0 Å². The SMILES string of the molecule is Cc1cc2nc(-c3ccnc(Cl)c3)sc2c(-c2ccc(Cl)cc2)c1[C@H](C)OC(C)(C)C. The Kier molecular flexibility index (Phi) is 6.10. The van der Waals surface area contributed by atoms with Crippen molar-refractivity contribution in [3.8, 4) is 21.7 Å². The van der Waals surface area contributed by atoms with Crippen LogP contribution in [0.25, 0.3) is 31.9 Å². The maximum absolute atomic E-state index is 6.38. The molecule has 0 aliphatic carbocycles. The molecule has 160 valence electrons. The topological polar surface area (TPSA) is 35.0 Å². The minimum Gasteiger partial charge on any atom is -0.368 e. The quantitative estimate of drug-likeness (QED) is 0.280. The van der Waals surface area contributed by atoms with E-state index < -0.39 is 0 Å². The summed E-state index contributed by atoms with van der Waals surface area (Å²) >= 11 is 14.0. The number of aromatic nitrogens is 2. The molecule has 0 aliphatic rings. The highest BCUT2D eigenvalue weighted by atomic mass is 35.5. The summed E-state index contributed by atoms with van der Waals surface area (Å²) in [6.07, 6.45) is 1.62. The van der Waals surface area contributed by atoms with Crippen LogP contribution in [0.15, 0.2) is 48.7 Å². The number of halogens is 2. The van der Waals surface area contributed by atoms with E-state index in [-0.39, 0.29) is 11.7 Å². The lowest BCUT2D eigenvalue weighted by Crippen LogP contribution is -2.22. The number of pyridine rings is 1. The molecular weight excluding hydrogens is 447 g/mol. The van der Waals surface area contributed by atoms with Crippen molar-refractivity contribution in [3.63, 3.8) is 0 Å². The lowest BCUT2D eigenvalue weighted by molar-refractivity contribution is -0.0529. The van der Waals surface area contributed by atoms with Crippen LogP contribution in [-0.2, 0) is 4.74 Å². The summed E-state index contributed by atoms with van der Waals surface area (Å²) in [6, 6.07) is 13.9. The molecule has 0 aliphatic heterocycles. The second-order valence-electron chi connectivity index (χ2n) is 8.60. The van der Waals surface area contributed by atoms with Crippen LogP contribution in [0, 0.1) is 6.92 Å². The van der Waals surface area contributed by atoms with Crippen molar-refractivity contribution in [1.29, 1.82) is 0 Å². The number of hydrogen-bond acceptors (Lipinski definition) is 4. The van der Waals surface area contributed by atoms with Gasteiger partial charge in [0.1, 0.15) is 10.2 Å². The number of rotatable bonds is 4. The Morgan fingerprint density at radius 2 is 1.71 bits per heavy atom. The highest BCUT2D eigenvalue weighted by Gasteiger charge is 2.24. The largest absolute Gasteiger partial charge is 0.368 e. The standard InChI is InChI=1S/C25H24Cl2N2OS/c1-14-12-19-23(31-24(29-19)17-10-11-28-20(27)13-17)22(16-6-8-18(26)9-7-16)21(14)15(2)30-25(3,4)5/h6-13,15H,1-5H3/t15-/m0/s1. The normalized spacial score (nSPS) is 13.0. The second-order valence-corrected chi connectivity index (χ2v) is 10.4. The van der Waals surface area contributed by atoms with E-state index >= 15 is 0 Å². The van der Waals surface area contributed by atoms with E-state index in [2.05, 4.69) is 57.8 Å². The van der Waals surface area contributed by atoms with Gasteiger partial charge in [0, 0.05) is 22.3 Å². The monoisotopic (exact) mass is 470 g/mol. The van der Waals surface area contributed by atoms with Crippen molar-refractivity contribution in [2.24, 2.45) is 0 Å². The minimum absolute atomic E-state index is 0.0870. The van der Waals surface area contributed by atoms with Crippen molar-refractivity contribution in [3.05, 3.63) is 70.0 Å². The predicted octanol–water partition coefficient (Wildman–Crippen LogP) is 8.52. The van der Waals surface area contributed by atoms with E-state index in [1.807, 2.05) is 24.3 Å². The average Bonchev–Trinajstić information content (AvgIpc) is 3.10. The second kappa shape index (κ2) is 8.51. The Morgan fingerprint density at radius 1 is 1.00 bits per heavy atom. The van der Waals surface area contributed by atoms with Crippen LogP contribution in [0.1, 0.15) is 44.9 Å². The van der Waals surface area contributed by atoms with E-state index in [9.17, 15) is 0 Å². The number of ether oxygens (including phenoxy) is 1. The summed E-state index contributed by atoms with van der Waals surface area (Å²) in [6.45, 7) is 10.5. The molecule has 0 saturated carbocycles. The third-order valence-corrected chi connectivity index (χ3v) is 6.57. The van der Waals surface area contributed by atoms with Crippen LogP contribution in [-0.4, -0.2) is 15.6 Å². The summed E-state index contributed by atoms with van der Waals surface area (Å²) in [4.78, 5) is 9.02. The van der Waals surface area contributed by atoms with Crippen molar-refractivity contribution in [2.45, 2.75) is 46.3 Å². The molecule has 0 unspecified atom stereocenters. The van der Waals surface area contributed by atoms with Gasteiger partial charge in [0.25, 0.3) is 0 Å². The van der Waals surface area contributed by atoms with Crippen LogP contribution in [0.2, 0.25) is 10.2 Å². The zero-order valence-corrected chi connectivity index (χ0v) is 20.5. The number of hydrogen-bond donors (Lipinski definition) is 0. The maximum atomic E-state index is 6.38. The van der Waals surface area contributed by atoms with Gasteiger partial charge in [-0.15, -0.1) is 11.3 Å². The Bertz CT molecular complexity index is 1240. The molecule has 4 aromatic rings. The van der Waals surface area contributed by atoms with Gasteiger partial charge in [0.05, 0.1) is 21.9 Å². The van der Waals surface area contributed by atoms with Crippen molar-refractivity contribution in [2.75, 3.05) is 0 Å². The Balaban J connectivity index is 1.98. The molecular formula is C25H24Cl2N2OS. The molecule has 6 heteroatoms. The Labute approximate surface area is 197 Å². The maximum Gasteiger partial charge on any atom is 0.129 e. The first-order chi connectivity index (χ1) is 14.6. The first kappa shape index (κ1) is 22.2. The van der Waals surface area contributed by atoms with Gasteiger partial charge in [-0.3, -0.25) is 0 Å². The molecule has 31 heavy (non-hydrogen) atoms. The summed E-state index contributed by atoms with van der Waals surface area (Å²) in [5, 5.41) is 2.08. The fourth-order valence-electron chi connectivity index (χ4n) is 3.89. The van der Waals surface area contributed by atoms with Gasteiger partial charge >= 0.3 is 0 Å². The number of benzene rings is 2. The van der Waals surface area contributed by atoms with Gasteiger partial charge in [-0.2, -0.15) is 0 Å². The molecule has 0 fully saturated rings. The molecule has 0 saturated heterocycles. The van der Waals surface area contributed by atoms with E-state index in [4.69, 9.17) is 32.9 Å². The summed E-state index contributed by atoms with van der Waals surface area (Å²) in [5.74, 6) is 0. The van der Waals surface area contributed by atoms with Crippen LogP contribution in [0.4, 0.5) is 0 Å². The first-order valence-corrected chi connectivity index (χ1v) is 11.7. The molecule has 0 radical (unpaired) electrons. The third-order valence-electron chi connectivity index (χ3n) is 4.97. The fourth-order valence-corrected chi connectivity index (χ4v) is 5.31. The number of aryl methyl sites for hydroxylation is 1. The minimum atomic E-state index is -0.259. The van der Waals surface area contributed by atoms with E-state index in [0.717, 1.165) is 37.5 Å². The summed E-state index contributed by atoms with van der Waals surface area (Å²) in [5.41, 5.74) is 6.23. The zero-order valence-electron chi connectivity index (χ0n) is 18.2. The molecule has 2 aromatic heterocycles. The molecule has 0 N–H and O–H groups in total. The van der Waals surface area contributed by atoms with E-state index in [1.54, 1.807) is 17.5 Å². The van der Waals surface area contributed by atoms with E-state index in [1.165, 1.54) is 5.56 Å². The zero-order chi connectivity index (χ0) is 22.3. The summed E-state index contributed by atoms with van der Waals surface area (Å²) in [7, 11) is 0. The number of fused-ring (bicyclic) bond motifs is 1. The molecule has 4 rings (SSSR count). The van der Waals surface area contributed by atoms with Gasteiger partial charge in [-0.25, -0.2) is 9.97 Å². The van der Waals surface area contributed by atoms with Crippen LogP contribution >= 0.6 is 34.5 Å².